The van der Waals surface area contributed by atoms with E-state index in [1.165, 1.54) is 12.8 Å². The van der Waals surface area contributed by atoms with Crippen molar-refractivity contribution in [2.75, 3.05) is 30.5 Å². The van der Waals surface area contributed by atoms with Crippen molar-refractivity contribution in [1.82, 2.24) is 14.8 Å². The van der Waals surface area contributed by atoms with Gasteiger partial charge >= 0.3 is 0 Å². The number of aromatic amines is 1. The highest BCUT2D eigenvalue weighted by Gasteiger charge is 2.28. The average Bonchev–Trinajstić information content (AvgIpc) is 2.99. The smallest absolute Gasteiger partial charge is 0.225 e. The van der Waals surface area contributed by atoms with E-state index in [0.717, 1.165) is 23.0 Å². The molecule has 1 aliphatic carbocycles. The molecule has 0 bridgehead atoms. The molecule has 1 aromatic heterocycles. The van der Waals surface area contributed by atoms with E-state index < -0.39 is 0 Å². The first-order valence-electron chi connectivity index (χ1n) is 5.11. The van der Waals surface area contributed by atoms with Crippen molar-refractivity contribution in [3.63, 3.8) is 0 Å². The Kier molecular flexibility index (Phi) is 3.35. The standard InChI is InChI=1S/C9H16N4S2/c1-12(5-6-15-2)8-10-11-9(14)13(8)7-3-4-7/h7H,3-6H2,1-2H3,(H,11,14). The highest BCUT2D eigenvalue weighted by atomic mass is 32.2. The van der Waals surface area contributed by atoms with E-state index in [4.69, 9.17) is 12.2 Å². The van der Waals surface area contributed by atoms with E-state index in [-0.39, 0.29) is 0 Å². The van der Waals surface area contributed by atoms with Crippen LogP contribution in [0.2, 0.25) is 0 Å². The maximum Gasteiger partial charge on any atom is 0.225 e. The third-order valence-corrected chi connectivity index (χ3v) is 3.45. The Morgan fingerprint density at radius 1 is 1.67 bits per heavy atom. The van der Waals surface area contributed by atoms with E-state index in [1.54, 1.807) is 0 Å². The zero-order valence-electron chi connectivity index (χ0n) is 9.06. The van der Waals surface area contributed by atoms with Crippen LogP contribution in [0.25, 0.3) is 0 Å². The van der Waals surface area contributed by atoms with Crippen LogP contribution in [0.4, 0.5) is 5.95 Å². The average molecular weight is 244 g/mol. The van der Waals surface area contributed by atoms with Crippen molar-refractivity contribution >= 4 is 29.9 Å². The summed E-state index contributed by atoms with van der Waals surface area (Å²) in [6.45, 7) is 1.01. The van der Waals surface area contributed by atoms with E-state index in [1.807, 2.05) is 11.8 Å². The van der Waals surface area contributed by atoms with Gasteiger partial charge in [-0.2, -0.15) is 11.8 Å². The molecule has 0 aliphatic heterocycles. The molecule has 0 unspecified atom stereocenters. The number of anilines is 1. The van der Waals surface area contributed by atoms with Crippen LogP contribution in [-0.4, -0.2) is 40.4 Å². The Hall–Kier alpha value is -0.490. The summed E-state index contributed by atoms with van der Waals surface area (Å²) in [5.41, 5.74) is 0. The number of nitrogens with one attached hydrogen (secondary N) is 1. The molecular weight excluding hydrogens is 228 g/mol. The molecule has 0 atom stereocenters. The topological polar surface area (TPSA) is 36.9 Å². The molecule has 0 saturated heterocycles. The first-order valence-corrected chi connectivity index (χ1v) is 6.91. The van der Waals surface area contributed by atoms with Gasteiger partial charge in [-0.05, 0) is 31.3 Å². The van der Waals surface area contributed by atoms with Gasteiger partial charge in [0.15, 0.2) is 4.77 Å². The number of hydrogen-bond donors (Lipinski definition) is 1. The number of H-pyrrole nitrogens is 1. The Balaban J connectivity index is 2.16. The molecule has 1 saturated carbocycles. The Morgan fingerprint density at radius 3 is 3.00 bits per heavy atom. The molecule has 15 heavy (non-hydrogen) atoms. The molecule has 0 spiro atoms. The molecule has 0 amide bonds. The number of hydrogen-bond acceptors (Lipinski definition) is 4. The monoisotopic (exact) mass is 244 g/mol. The van der Waals surface area contributed by atoms with Crippen molar-refractivity contribution < 1.29 is 0 Å². The minimum absolute atomic E-state index is 0.586. The van der Waals surface area contributed by atoms with Gasteiger partial charge in [-0.1, -0.05) is 0 Å². The summed E-state index contributed by atoms with van der Waals surface area (Å²) in [4.78, 5) is 2.17. The second-order valence-electron chi connectivity index (χ2n) is 3.84. The summed E-state index contributed by atoms with van der Waals surface area (Å²) in [5, 5.41) is 7.18. The minimum atomic E-state index is 0.586. The van der Waals surface area contributed by atoms with E-state index in [9.17, 15) is 0 Å². The lowest BCUT2D eigenvalue weighted by Gasteiger charge is -2.17. The van der Waals surface area contributed by atoms with Gasteiger partial charge in [0.2, 0.25) is 5.95 Å². The quantitative estimate of drug-likeness (QED) is 0.805. The van der Waals surface area contributed by atoms with Crippen LogP contribution >= 0.6 is 24.0 Å². The number of rotatable bonds is 5. The van der Waals surface area contributed by atoms with Crippen LogP contribution in [0.5, 0.6) is 0 Å². The summed E-state index contributed by atoms with van der Waals surface area (Å²) in [5.74, 6) is 2.09. The Bertz CT molecular complexity index is 380. The molecule has 1 fully saturated rings. The third-order valence-electron chi connectivity index (χ3n) is 2.57. The van der Waals surface area contributed by atoms with Gasteiger partial charge < -0.3 is 4.90 Å². The summed E-state index contributed by atoms with van der Waals surface area (Å²) in [6, 6.07) is 0.586. The molecule has 6 heteroatoms. The SMILES string of the molecule is CSCCN(C)c1n[nH]c(=S)n1C1CC1. The van der Waals surface area contributed by atoms with Gasteiger partial charge in [-0.25, -0.2) is 5.10 Å². The van der Waals surface area contributed by atoms with E-state index in [2.05, 4.69) is 33.0 Å². The van der Waals surface area contributed by atoms with Crippen LogP contribution in [-0.2, 0) is 0 Å². The fourth-order valence-electron chi connectivity index (χ4n) is 1.56. The van der Waals surface area contributed by atoms with Gasteiger partial charge in [0, 0.05) is 25.4 Å². The highest BCUT2D eigenvalue weighted by Crippen LogP contribution is 2.37. The van der Waals surface area contributed by atoms with Crippen molar-refractivity contribution in [2.45, 2.75) is 18.9 Å². The molecule has 1 aliphatic rings. The van der Waals surface area contributed by atoms with Gasteiger partial charge in [0.25, 0.3) is 0 Å². The molecule has 4 nitrogen and oxygen atoms in total. The fourth-order valence-corrected chi connectivity index (χ4v) is 2.29. The lowest BCUT2D eigenvalue weighted by atomic mass is 10.6. The largest absolute Gasteiger partial charge is 0.343 e. The van der Waals surface area contributed by atoms with Crippen molar-refractivity contribution in [2.24, 2.45) is 0 Å². The van der Waals surface area contributed by atoms with Crippen LogP contribution in [0, 0.1) is 4.77 Å². The van der Waals surface area contributed by atoms with Crippen molar-refractivity contribution in [3.05, 3.63) is 4.77 Å². The molecule has 2 rings (SSSR count). The predicted molar refractivity (Wildman–Crippen MR) is 67.3 cm³/mol. The normalized spacial score (nSPS) is 15.6. The third kappa shape index (κ3) is 2.36. The zero-order chi connectivity index (χ0) is 10.8. The molecule has 84 valence electrons. The first-order chi connectivity index (χ1) is 7.24. The van der Waals surface area contributed by atoms with E-state index >= 15 is 0 Å². The van der Waals surface area contributed by atoms with Gasteiger partial charge in [0.1, 0.15) is 0 Å². The van der Waals surface area contributed by atoms with Crippen LogP contribution < -0.4 is 4.90 Å². The molecular formula is C9H16N4S2. The summed E-state index contributed by atoms with van der Waals surface area (Å²) < 4.78 is 2.90. The Labute approximate surface area is 99.0 Å². The van der Waals surface area contributed by atoms with E-state index in [0.29, 0.717) is 6.04 Å². The van der Waals surface area contributed by atoms with Crippen molar-refractivity contribution in [3.8, 4) is 0 Å². The molecule has 0 aromatic carbocycles. The summed E-state index contributed by atoms with van der Waals surface area (Å²) in [7, 11) is 2.07. The molecule has 1 aromatic rings. The molecule has 1 heterocycles. The van der Waals surface area contributed by atoms with Crippen LogP contribution in [0.1, 0.15) is 18.9 Å². The fraction of sp³-hybridized carbons (Fsp3) is 0.778. The van der Waals surface area contributed by atoms with Gasteiger partial charge in [-0.15, -0.1) is 5.10 Å². The maximum atomic E-state index is 5.23. The van der Waals surface area contributed by atoms with Crippen LogP contribution in [0.3, 0.4) is 0 Å². The second kappa shape index (κ2) is 4.57. The second-order valence-corrected chi connectivity index (χ2v) is 5.22. The Morgan fingerprint density at radius 2 is 2.40 bits per heavy atom. The highest BCUT2D eigenvalue weighted by molar-refractivity contribution is 7.98. The zero-order valence-corrected chi connectivity index (χ0v) is 10.7. The van der Waals surface area contributed by atoms with Gasteiger partial charge in [0.05, 0.1) is 0 Å². The summed E-state index contributed by atoms with van der Waals surface area (Å²) >= 11 is 7.08. The molecule has 0 radical (unpaired) electrons. The van der Waals surface area contributed by atoms with Crippen LogP contribution in [0.15, 0.2) is 0 Å². The number of aromatic nitrogens is 3. The van der Waals surface area contributed by atoms with Crippen molar-refractivity contribution in [1.29, 1.82) is 0 Å². The number of nitrogens with zero attached hydrogens (tertiary/aromatic N) is 3. The number of thioether (sulfide) groups is 1. The molecule has 1 N–H and O–H groups in total. The predicted octanol–water partition coefficient (Wildman–Crippen LogP) is 2.07. The lowest BCUT2D eigenvalue weighted by Crippen LogP contribution is -2.23. The maximum absolute atomic E-state index is 5.23. The summed E-state index contributed by atoms with van der Waals surface area (Å²) in [6.07, 6.45) is 4.58. The minimum Gasteiger partial charge on any atom is -0.343 e. The first kappa shape index (κ1) is 11.0. The lowest BCUT2D eigenvalue weighted by molar-refractivity contribution is 0.707. The van der Waals surface area contributed by atoms with Gasteiger partial charge in [-0.3, -0.25) is 4.57 Å².